The lowest BCUT2D eigenvalue weighted by Gasteiger charge is -2.17. The van der Waals surface area contributed by atoms with Crippen LogP contribution < -0.4 is 11.3 Å². The number of nitrogens with two attached hydrogens (primary N) is 1. The molecule has 3 atom stereocenters. The van der Waals surface area contributed by atoms with Gasteiger partial charge in [0.15, 0.2) is 5.82 Å². The van der Waals surface area contributed by atoms with Gasteiger partial charge in [0, 0.05) is 10.8 Å². The van der Waals surface area contributed by atoms with Crippen LogP contribution in [0.25, 0.3) is 10.2 Å². The van der Waals surface area contributed by atoms with Crippen molar-refractivity contribution in [1.29, 1.82) is 0 Å². The second kappa shape index (κ2) is 4.13. The predicted octanol–water partition coefficient (Wildman–Crippen LogP) is 2.32. The van der Waals surface area contributed by atoms with Crippen LogP contribution in [0.2, 0.25) is 0 Å². The number of nitrogens with zero attached hydrogens (tertiary/aromatic N) is 2. The molecular formula is C13H16N4OS. The van der Waals surface area contributed by atoms with Gasteiger partial charge in [-0.1, -0.05) is 0 Å². The number of hydrogen-bond donors (Lipinski definition) is 2. The molecule has 3 unspecified atom stereocenters. The lowest BCUT2D eigenvalue weighted by Crippen LogP contribution is -2.18. The van der Waals surface area contributed by atoms with E-state index in [4.69, 9.17) is 15.6 Å². The topological polar surface area (TPSA) is 73.1 Å². The molecule has 0 radical (unpaired) electrons. The Kier molecular flexibility index (Phi) is 2.51. The molecule has 19 heavy (non-hydrogen) atoms. The third kappa shape index (κ3) is 1.74. The SMILES string of the molecule is Cc1cc2c(NN)nc(C3CC4CCC3O4)nc2s1. The Morgan fingerprint density at radius 2 is 2.32 bits per heavy atom. The molecule has 4 rings (SSSR count). The Labute approximate surface area is 115 Å². The molecule has 3 N–H and O–H groups in total. The number of ether oxygens (including phenoxy) is 1. The average molecular weight is 276 g/mol. The Balaban J connectivity index is 1.82. The van der Waals surface area contributed by atoms with Gasteiger partial charge in [-0.2, -0.15) is 0 Å². The number of aryl methyl sites for hydroxylation is 1. The Morgan fingerprint density at radius 1 is 1.42 bits per heavy atom. The first-order valence-corrected chi connectivity index (χ1v) is 7.46. The maximum absolute atomic E-state index is 5.90. The molecule has 0 saturated carbocycles. The van der Waals surface area contributed by atoms with Crippen LogP contribution in [0.4, 0.5) is 5.82 Å². The summed E-state index contributed by atoms with van der Waals surface area (Å²) in [6, 6.07) is 2.08. The van der Waals surface area contributed by atoms with E-state index >= 15 is 0 Å². The van der Waals surface area contributed by atoms with Crippen molar-refractivity contribution in [2.24, 2.45) is 5.84 Å². The Hall–Kier alpha value is -1.24. The van der Waals surface area contributed by atoms with Crippen LogP contribution in [0.5, 0.6) is 0 Å². The fourth-order valence-corrected chi connectivity index (χ4v) is 4.13. The van der Waals surface area contributed by atoms with E-state index in [9.17, 15) is 0 Å². The number of thiophene rings is 1. The maximum atomic E-state index is 5.90. The second-order valence-electron chi connectivity index (χ2n) is 5.37. The highest BCUT2D eigenvalue weighted by molar-refractivity contribution is 7.18. The number of fused-ring (bicyclic) bond motifs is 3. The largest absolute Gasteiger partial charge is 0.374 e. The summed E-state index contributed by atoms with van der Waals surface area (Å²) in [5.41, 5.74) is 2.71. The van der Waals surface area contributed by atoms with E-state index in [1.165, 1.54) is 11.3 Å². The lowest BCUT2D eigenvalue weighted by molar-refractivity contribution is 0.0999. The highest BCUT2D eigenvalue weighted by atomic mass is 32.1. The molecule has 4 heterocycles. The minimum absolute atomic E-state index is 0.300. The van der Waals surface area contributed by atoms with Crippen molar-refractivity contribution in [1.82, 2.24) is 9.97 Å². The van der Waals surface area contributed by atoms with E-state index in [0.717, 1.165) is 34.7 Å². The summed E-state index contributed by atoms with van der Waals surface area (Å²) in [7, 11) is 0. The number of nitrogens with one attached hydrogen (secondary N) is 1. The van der Waals surface area contributed by atoms with Gasteiger partial charge in [0.1, 0.15) is 10.7 Å². The summed E-state index contributed by atoms with van der Waals surface area (Å²) in [6.07, 6.45) is 4.07. The van der Waals surface area contributed by atoms with Crippen LogP contribution in [-0.4, -0.2) is 22.2 Å². The lowest BCUT2D eigenvalue weighted by atomic mass is 9.88. The number of rotatable bonds is 2. The number of hydrogen-bond acceptors (Lipinski definition) is 6. The average Bonchev–Trinajstić information content (AvgIpc) is 3.10. The van der Waals surface area contributed by atoms with Crippen molar-refractivity contribution in [2.45, 2.75) is 44.3 Å². The fourth-order valence-electron chi connectivity index (χ4n) is 3.24. The molecule has 2 aromatic heterocycles. The number of aromatic nitrogens is 2. The first-order chi connectivity index (χ1) is 9.24. The molecule has 0 aliphatic carbocycles. The molecule has 2 aliphatic heterocycles. The minimum atomic E-state index is 0.300. The summed E-state index contributed by atoms with van der Waals surface area (Å²) in [4.78, 5) is 11.6. The second-order valence-corrected chi connectivity index (χ2v) is 6.60. The summed E-state index contributed by atoms with van der Waals surface area (Å²) in [6.45, 7) is 2.08. The van der Waals surface area contributed by atoms with Gasteiger partial charge in [-0.15, -0.1) is 11.3 Å². The van der Waals surface area contributed by atoms with Crippen LogP contribution >= 0.6 is 11.3 Å². The normalized spacial score (nSPS) is 29.3. The quantitative estimate of drug-likeness (QED) is 0.650. The molecular weight excluding hydrogens is 260 g/mol. The molecule has 0 amide bonds. The molecule has 2 saturated heterocycles. The smallest absolute Gasteiger partial charge is 0.152 e. The third-order valence-electron chi connectivity index (χ3n) is 4.11. The third-order valence-corrected chi connectivity index (χ3v) is 5.05. The van der Waals surface area contributed by atoms with E-state index in [-0.39, 0.29) is 0 Å². The van der Waals surface area contributed by atoms with Crippen molar-refractivity contribution in [3.8, 4) is 0 Å². The van der Waals surface area contributed by atoms with Crippen molar-refractivity contribution in [2.75, 3.05) is 5.43 Å². The van der Waals surface area contributed by atoms with E-state index in [1.54, 1.807) is 11.3 Å². The zero-order chi connectivity index (χ0) is 13.0. The first kappa shape index (κ1) is 11.6. The molecule has 6 heteroatoms. The zero-order valence-electron chi connectivity index (χ0n) is 10.7. The summed E-state index contributed by atoms with van der Waals surface area (Å²) >= 11 is 1.69. The van der Waals surface area contributed by atoms with Crippen LogP contribution in [0.15, 0.2) is 6.07 Å². The highest BCUT2D eigenvalue weighted by Gasteiger charge is 2.43. The van der Waals surface area contributed by atoms with E-state index in [1.807, 2.05) is 0 Å². The van der Waals surface area contributed by atoms with Gasteiger partial charge in [-0.25, -0.2) is 15.8 Å². The number of hydrazine groups is 1. The summed E-state index contributed by atoms with van der Waals surface area (Å²) in [5.74, 6) is 7.55. The predicted molar refractivity (Wildman–Crippen MR) is 75.2 cm³/mol. The van der Waals surface area contributed by atoms with Gasteiger partial charge in [0.25, 0.3) is 0 Å². The molecule has 2 bridgehead atoms. The monoisotopic (exact) mass is 276 g/mol. The molecule has 2 aliphatic rings. The van der Waals surface area contributed by atoms with Gasteiger partial charge >= 0.3 is 0 Å². The Morgan fingerprint density at radius 3 is 3.00 bits per heavy atom. The van der Waals surface area contributed by atoms with Gasteiger partial charge in [0.2, 0.25) is 0 Å². The van der Waals surface area contributed by atoms with Crippen molar-refractivity contribution in [3.05, 3.63) is 16.8 Å². The van der Waals surface area contributed by atoms with Crippen LogP contribution in [0, 0.1) is 6.92 Å². The fraction of sp³-hybridized carbons (Fsp3) is 0.538. The molecule has 2 fully saturated rings. The molecule has 2 aromatic rings. The molecule has 100 valence electrons. The van der Waals surface area contributed by atoms with Gasteiger partial charge in [0.05, 0.1) is 17.6 Å². The first-order valence-electron chi connectivity index (χ1n) is 6.65. The molecule has 0 spiro atoms. The van der Waals surface area contributed by atoms with Crippen LogP contribution in [0.3, 0.4) is 0 Å². The summed E-state index contributed by atoms with van der Waals surface area (Å²) < 4.78 is 5.90. The van der Waals surface area contributed by atoms with Crippen molar-refractivity contribution in [3.63, 3.8) is 0 Å². The molecule has 5 nitrogen and oxygen atoms in total. The van der Waals surface area contributed by atoms with Crippen LogP contribution in [0.1, 0.15) is 35.9 Å². The number of anilines is 1. The Bertz CT molecular complexity index is 641. The van der Waals surface area contributed by atoms with Gasteiger partial charge < -0.3 is 10.2 Å². The number of nitrogen functional groups attached to an aromatic ring is 1. The van der Waals surface area contributed by atoms with Gasteiger partial charge in [-0.05, 0) is 32.3 Å². The standard InChI is InChI=1S/C13H16N4OS/c1-6-4-9-12(17-14)15-11(16-13(9)19-6)8-5-7-2-3-10(8)18-7/h4,7-8,10H,2-3,5,14H2,1H3,(H,15,16,17). The van der Waals surface area contributed by atoms with E-state index in [0.29, 0.717) is 18.1 Å². The summed E-state index contributed by atoms with van der Waals surface area (Å²) in [5, 5.41) is 1.01. The highest BCUT2D eigenvalue weighted by Crippen LogP contribution is 2.44. The van der Waals surface area contributed by atoms with Gasteiger partial charge in [-0.3, -0.25) is 0 Å². The van der Waals surface area contributed by atoms with E-state index < -0.39 is 0 Å². The maximum Gasteiger partial charge on any atom is 0.152 e. The van der Waals surface area contributed by atoms with Crippen molar-refractivity contribution < 1.29 is 4.74 Å². The minimum Gasteiger partial charge on any atom is -0.374 e. The molecule has 0 aromatic carbocycles. The van der Waals surface area contributed by atoms with Crippen molar-refractivity contribution >= 4 is 27.4 Å². The zero-order valence-corrected chi connectivity index (χ0v) is 11.5. The van der Waals surface area contributed by atoms with E-state index in [2.05, 4.69) is 23.4 Å². The van der Waals surface area contributed by atoms with Crippen LogP contribution in [-0.2, 0) is 4.74 Å².